The Bertz CT molecular complexity index is 607. The van der Waals surface area contributed by atoms with E-state index in [0.717, 1.165) is 11.1 Å². The molecule has 19 heavy (non-hydrogen) atoms. The van der Waals surface area contributed by atoms with Crippen LogP contribution in [0.3, 0.4) is 0 Å². The fraction of sp³-hybridized carbons (Fsp3) is 0.0625. The van der Waals surface area contributed by atoms with Crippen molar-refractivity contribution in [2.24, 2.45) is 0 Å². The van der Waals surface area contributed by atoms with E-state index >= 15 is 0 Å². The van der Waals surface area contributed by atoms with Crippen molar-refractivity contribution in [3.05, 3.63) is 78.1 Å². The van der Waals surface area contributed by atoms with Crippen LogP contribution in [0, 0.1) is 0 Å². The molecule has 0 spiro atoms. The van der Waals surface area contributed by atoms with Crippen LogP contribution in [0.4, 0.5) is 0 Å². The summed E-state index contributed by atoms with van der Waals surface area (Å²) in [4.78, 5) is 5.93. The van der Waals surface area contributed by atoms with E-state index in [4.69, 9.17) is 17.1 Å². The zero-order chi connectivity index (χ0) is 13.1. The number of hydrogen-bond acceptors (Lipinski definition) is 2. The largest absolute Gasteiger partial charge is 0.389 e. The van der Waals surface area contributed by atoms with E-state index in [1.54, 1.807) is 6.26 Å². The van der Waals surface area contributed by atoms with Gasteiger partial charge >= 0.3 is 0 Å². The van der Waals surface area contributed by atoms with Gasteiger partial charge in [0.15, 0.2) is 0 Å². The highest BCUT2D eigenvalue weighted by atomic mass is 32.1. The lowest BCUT2D eigenvalue weighted by Gasteiger charge is -2.26. The van der Waals surface area contributed by atoms with Crippen molar-refractivity contribution in [2.45, 2.75) is 5.92 Å². The second-order valence-electron chi connectivity index (χ2n) is 4.37. The summed E-state index contributed by atoms with van der Waals surface area (Å²) in [6.45, 7) is 0. The molecule has 0 saturated carbocycles. The minimum atomic E-state index is 0.0346. The predicted octanol–water partition coefficient (Wildman–Crippen LogP) is 3.67. The second kappa shape index (κ2) is 5.24. The maximum atomic E-state index is 5.41. The van der Waals surface area contributed by atoms with Crippen LogP contribution < -0.4 is 5.48 Å². The zero-order valence-corrected chi connectivity index (χ0v) is 11.1. The summed E-state index contributed by atoms with van der Waals surface area (Å²) in [5.41, 5.74) is 6.15. The summed E-state index contributed by atoms with van der Waals surface area (Å²) in [5, 5.41) is 0. The average Bonchev–Trinajstić information content (AvgIpc) is 2.49. The first kappa shape index (κ1) is 11.9. The summed E-state index contributed by atoms with van der Waals surface area (Å²) >= 11 is 5.41. The van der Waals surface area contributed by atoms with E-state index in [1.165, 1.54) is 5.56 Å². The number of hydrogen-bond donors (Lipinski definition) is 1. The van der Waals surface area contributed by atoms with Gasteiger partial charge in [0, 0.05) is 5.57 Å². The highest BCUT2D eigenvalue weighted by Crippen LogP contribution is 2.34. The third kappa shape index (κ3) is 2.37. The molecule has 1 atom stereocenters. The van der Waals surface area contributed by atoms with Crippen molar-refractivity contribution in [3.63, 3.8) is 0 Å². The molecule has 2 aromatic carbocycles. The summed E-state index contributed by atoms with van der Waals surface area (Å²) < 4.78 is 0. The molecule has 2 nitrogen and oxygen atoms in total. The number of hydroxylamine groups is 1. The molecule has 1 unspecified atom stereocenters. The van der Waals surface area contributed by atoms with E-state index in [0.29, 0.717) is 4.99 Å². The number of thiocarbonyl (C=S) groups is 1. The molecular formula is C16H13NOS. The molecule has 1 aliphatic rings. The van der Waals surface area contributed by atoms with Crippen molar-refractivity contribution >= 4 is 22.8 Å². The molecule has 3 heteroatoms. The highest BCUT2D eigenvalue weighted by molar-refractivity contribution is 7.80. The summed E-state index contributed by atoms with van der Waals surface area (Å²) in [6.07, 6.45) is 1.74. The van der Waals surface area contributed by atoms with Crippen LogP contribution in [0.1, 0.15) is 17.0 Å². The topological polar surface area (TPSA) is 21.3 Å². The molecule has 2 aromatic rings. The molecule has 1 N–H and O–H groups in total. The summed E-state index contributed by atoms with van der Waals surface area (Å²) in [5.74, 6) is 0.0346. The third-order valence-electron chi connectivity index (χ3n) is 3.16. The standard InChI is InChI=1S/C16H13NOS/c19-16-15(13-9-5-2-6-10-13)14(11-18-17-16)12-7-3-1-4-8-12/h1-11,15H,(H,17,19). The Kier molecular flexibility index (Phi) is 3.29. The molecule has 0 bridgehead atoms. The summed E-state index contributed by atoms with van der Waals surface area (Å²) in [6, 6.07) is 20.4. The van der Waals surface area contributed by atoms with Crippen molar-refractivity contribution < 1.29 is 4.84 Å². The maximum absolute atomic E-state index is 5.41. The summed E-state index contributed by atoms with van der Waals surface area (Å²) in [7, 11) is 0. The lowest BCUT2D eigenvalue weighted by Crippen LogP contribution is -2.31. The fourth-order valence-electron chi connectivity index (χ4n) is 2.26. The van der Waals surface area contributed by atoms with E-state index in [9.17, 15) is 0 Å². The Balaban J connectivity index is 2.06. The van der Waals surface area contributed by atoms with Gasteiger partial charge in [-0.1, -0.05) is 72.9 Å². The van der Waals surface area contributed by atoms with Gasteiger partial charge in [-0.2, -0.15) is 0 Å². The van der Waals surface area contributed by atoms with Crippen molar-refractivity contribution in [1.82, 2.24) is 5.48 Å². The van der Waals surface area contributed by atoms with Crippen LogP contribution in [-0.4, -0.2) is 4.99 Å². The molecule has 94 valence electrons. The van der Waals surface area contributed by atoms with E-state index in [2.05, 4.69) is 29.7 Å². The number of rotatable bonds is 2. The molecule has 0 aliphatic carbocycles. The first-order chi connectivity index (χ1) is 9.36. The van der Waals surface area contributed by atoms with Gasteiger partial charge < -0.3 is 4.84 Å². The Morgan fingerprint density at radius 3 is 2.21 bits per heavy atom. The van der Waals surface area contributed by atoms with Crippen LogP contribution in [0.25, 0.3) is 5.57 Å². The SMILES string of the molecule is S=C1NOC=C(c2ccccc2)C1c1ccccc1. The molecule has 0 saturated heterocycles. The van der Waals surface area contributed by atoms with Gasteiger partial charge in [-0.25, -0.2) is 5.48 Å². The molecule has 1 heterocycles. The van der Waals surface area contributed by atoms with Crippen LogP contribution in [0.15, 0.2) is 66.9 Å². The Morgan fingerprint density at radius 2 is 1.53 bits per heavy atom. The monoisotopic (exact) mass is 267 g/mol. The quantitative estimate of drug-likeness (QED) is 0.839. The van der Waals surface area contributed by atoms with Crippen LogP contribution in [0.5, 0.6) is 0 Å². The normalized spacial score (nSPS) is 18.2. The van der Waals surface area contributed by atoms with E-state index in [-0.39, 0.29) is 5.92 Å². The molecule has 0 fully saturated rings. The van der Waals surface area contributed by atoms with Crippen LogP contribution >= 0.6 is 12.2 Å². The Labute approximate surface area is 117 Å². The van der Waals surface area contributed by atoms with Crippen molar-refractivity contribution in [2.75, 3.05) is 0 Å². The number of benzene rings is 2. The first-order valence-electron chi connectivity index (χ1n) is 6.12. The van der Waals surface area contributed by atoms with Gasteiger partial charge in [0.25, 0.3) is 0 Å². The molecule has 1 aliphatic heterocycles. The second-order valence-corrected chi connectivity index (χ2v) is 4.81. The molecule has 0 radical (unpaired) electrons. The lowest BCUT2D eigenvalue weighted by molar-refractivity contribution is 0.188. The van der Waals surface area contributed by atoms with Crippen LogP contribution in [0.2, 0.25) is 0 Å². The third-order valence-corrected chi connectivity index (χ3v) is 3.48. The van der Waals surface area contributed by atoms with Gasteiger partial charge in [0.05, 0.1) is 5.92 Å². The minimum absolute atomic E-state index is 0.0346. The van der Waals surface area contributed by atoms with Crippen molar-refractivity contribution in [3.8, 4) is 0 Å². The van der Waals surface area contributed by atoms with Crippen LogP contribution in [-0.2, 0) is 4.84 Å². The van der Waals surface area contributed by atoms with Gasteiger partial charge in [0.2, 0.25) is 0 Å². The maximum Gasteiger partial charge on any atom is 0.124 e. The average molecular weight is 267 g/mol. The Morgan fingerprint density at radius 1 is 0.895 bits per heavy atom. The highest BCUT2D eigenvalue weighted by Gasteiger charge is 2.26. The Hall–Kier alpha value is -2.13. The molecule has 3 rings (SSSR count). The first-order valence-corrected chi connectivity index (χ1v) is 6.53. The van der Waals surface area contributed by atoms with Gasteiger partial charge in [-0.05, 0) is 11.1 Å². The molecule has 0 aromatic heterocycles. The smallest absolute Gasteiger partial charge is 0.124 e. The number of nitrogens with one attached hydrogen (secondary N) is 1. The molecule has 0 amide bonds. The van der Waals surface area contributed by atoms with E-state index in [1.807, 2.05) is 36.4 Å². The molecular weight excluding hydrogens is 254 g/mol. The fourth-order valence-corrected chi connectivity index (χ4v) is 2.57. The lowest BCUT2D eigenvalue weighted by atomic mass is 9.87. The minimum Gasteiger partial charge on any atom is -0.389 e. The predicted molar refractivity (Wildman–Crippen MR) is 80.4 cm³/mol. The van der Waals surface area contributed by atoms with Gasteiger partial charge in [0.1, 0.15) is 11.3 Å². The van der Waals surface area contributed by atoms with Gasteiger partial charge in [-0.3, -0.25) is 0 Å². The zero-order valence-electron chi connectivity index (χ0n) is 10.2. The van der Waals surface area contributed by atoms with E-state index < -0.39 is 0 Å². The van der Waals surface area contributed by atoms with Crippen molar-refractivity contribution in [1.29, 1.82) is 0 Å². The van der Waals surface area contributed by atoms with Gasteiger partial charge in [-0.15, -0.1) is 0 Å².